The molecule has 0 radical (unpaired) electrons. The van der Waals surface area contributed by atoms with E-state index in [4.69, 9.17) is 5.11 Å². The van der Waals surface area contributed by atoms with Crippen molar-refractivity contribution in [3.05, 3.63) is 28.3 Å². The summed E-state index contributed by atoms with van der Waals surface area (Å²) in [7, 11) is -4.86. The van der Waals surface area contributed by atoms with E-state index >= 15 is 0 Å². The van der Waals surface area contributed by atoms with Crippen molar-refractivity contribution in [2.45, 2.75) is 32.1 Å². The van der Waals surface area contributed by atoms with Gasteiger partial charge < -0.3 is 5.11 Å². The predicted octanol–water partition coefficient (Wildman–Crippen LogP) is 0.896. The van der Waals surface area contributed by atoms with E-state index in [1.807, 2.05) is 0 Å². The van der Waals surface area contributed by atoms with Crippen molar-refractivity contribution in [1.29, 1.82) is 0 Å². The monoisotopic (exact) mass is 347 g/mol. The van der Waals surface area contributed by atoms with Crippen LogP contribution in [-0.4, -0.2) is 42.3 Å². The Bertz CT molecular complexity index is 710. The Balaban J connectivity index is 3.28. The number of rotatable bonds is 7. The molecular weight excluding hydrogens is 326 g/mol. The first-order valence-corrected chi connectivity index (χ1v) is 9.88. The van der Waals surface area contributed by atoms with E-state index in [1.54, 1.807) is 26.8 Å². The molecular formula is C14H21NO5S2. The lowest BCUT2D eigenvalue weighted by Crippen LogP contribution is -2.29. The summed E-state index contributed by atoms with van der Waals surface area (Å²) < 4.78 is 38.3. The highest BCUT2D eigenvalue weighted by Gasteiger charge is 2.23. The average molecular weight is 347 g/mol. The molecule has 0 bridgehead atoms. The zero-order valence-electron chi connectivity index (χ0n) is 13.1. The quantitative estimate of drug-likeness (QED) is 0.763. The molecule has 0 aliphatic carbocycles. The zero-order valence-corrected chi connectivity index (χ0v) is 14.7. The first kappa shape index (κ1) is 18.8. The average Bonchev–Trinajstić information content (AvgIpc) is 2.32. The number of aliphatic carboxylic acids is 1. The van der Waals surface area contributed by atoms with E-state index < -0.39 is 26.8 Å². The molecule has 0 aromatic heterocycles. The molecule has 0 heterocycles. The Morgan fingerprint density at radius 2 is 1.86 bits per heavy atom. The highest BCUT2D eigenvalue weighted by molar-refractivity contribution is 7.89. The molecule has 0 saturated heterocycles. The molecule has 1 atom stereocenters. The number of hydrogen-bond donors (Lipinski definition) is 2. The second-order valence-corrected chi connectivity index (χ2v) is 8.45. The third-order valence-corrected chi connectivity index (χ3v) is 5.87. The Hall–Kier alpha value is -1.25. The summed E-state index contributed by atoms with van der Waals surface area (Å²) in [4.78, 5) is 11.1. The molecule has 1 aromatic carbocycles. The van der Waals surface area contributed by atoms with Crippen molar-refractivity contribution in [2.75, 3.05) is 18.6 Å². The zero-order chi connectivity index (χ0) is 17.1. The van der Waals surface area contributed by atoms with Gasteiger partial charge in [0.1, 0.15) is 0 Å². The first-order valence-electron chi connectivity index (χ1n) is 6.67. The van der Waals surface area contributed by atoms with Crippen LogP contribution >= 0.6 is 0 Å². The SMILES string of the molecule is Cc1cc(C)c(S(=O)(=O)NCCS(C)=O)c(C)c1CC(=O)O. The molecule has 22 heavy (non-hydrogen) atoms. The summed E-state index contributed by atoms with van der Waals surface area (Å²) in [6.45, 7) is 5.14. The second kappa shape index (κ2) is 7.34. The summed E-state index contributed by atoms with van der Waals surface area (Å²) in [6, 6.07) is 1.68. The van der Waals surface area contributed by atoms with E-state index in [-0.39, 0.29) is 23.6 Å². The summed E-state index contributed by atoms with van der Waals surface area (Å²) in [5.41, 5.74) is 2.28. The maximum Gasteiger partial charge on any atom is 0.307 e. The molecule has 0 saturated carbocycles. The number of aryl methyl sites for hydroxylation is 2. The topological polar surface area (TPSA) is 101 Å². The Morgan fingerprint density at radius 3 is 2.36 bits per heavy atom. The Morgan fingerprint density at radius 1 is 1.27 bits per heavy atom. The molecule has 2 N–H and O–H groups in total. The predicted molar refractivity (Wildman–Crippen MR) is 86.1 cm³/mol. The van der Waals surface area contributed by atoms with Gasteiger partial charge in [0.2, 0.25) is 10.0 Å². The van der Waals surface area contributed by atoms with Crippen LogP contribution in [0.1, 0.15) is 22.3 Å². The van der Waals surface area contributed by atoms with Gasteiger partial charge in [-0.25, -0.2) is 13.1 Å². The first-order chi connectivity index (χ1) is 10.1. The molecule has 1 aromatic rings. The summed E-state index contributed by atoms with van der Waals surface area (Å²) in [5.74, 6) is -0.779. The number of hydrogen-bond acceptors (Lipinski definition) is 4. The van der Waals surface area contributed by atoms with Crippen molar-refractivity contribution in [2.24, 2.45) is 0 Å². The number of sulfonamides is 1. The minimum Gasteiger partial charge on any atom is -0.481 e. The molecule has 1 unspecified atom stereocenters. The van der Waals surface area contributed by atoms with Crippen LogP contribution in [-0.2, 0) is 32.0 Å². The molecule has 0 fully saturated rings. The van der Waals surface area contributed by atoms with Crippen molar-refractivity contribution in [3.8, 4) is 0 Å². The van der Waals surface area contributed by atoms with Gasteiger partial charge >= 0.3 is 5.97 Å². The van der Waals surface area contributed by atoms with Crippen LogP contribution in [0, 0.1) is 20.8 Å². The number of carboxylic acid groups (broad SMARTS) is 1. The van der Waals surface area contributed by atoms with Crippen LogP contribution in [0.15, 0.2) is 11.0 Å². The summed E-state index contributed by atoms with van der Waals surface area (Å²) >= 11 is 0. The lowest BCUT2D eigenvalue weighted by molar-refractivity contribution is -0.136. The Labute approximate surface area is 133 Å². The number of carbonyl (C=O) groups is 1. The van der Waals surface area contributed by atoms with Crippen molar-refractivity contribution >= 4 is 26.8 Å². The Kier molecular flexibility index (Phi) is 6.27. The number of carboxylic acids is 1. The lowest BCUT2D eigenvalue weighted by atomic mass is 9.97. The number of nitrogens with one attached hydrogen (secondary N) is 1. The van der Waals surface area contributed by atoms with Gasteiger partial charge in [0.15, 0.2) is 0 Å². The minimum absolute atomic E-state index is 0.0759. The molecule has 0 aliphatic rings. The minimum atomic E-state index is -3.77. The third kappa shape index (κ3) is 4.62. The molecule has 8 heteroatoms. The van der Waals surface area contributed by atoms with Gasteiger partial charge in [-0.15, -0.1) is 0 Å². The molecule has 0 spiro atoms. The van der Waals surface area contributed by atoms with E-state index in [0.29, 0.717) is 16.7 Å². The van der Waals surface area contributed by atoms with Gasteiger partial charge in [0, 0.05) is 29.4 Å². The van der Waals surface area contributed by atoms with Gasteiger partial charge in [-0.05, 0) is 43.0 Å². The van der Waals surface area contributed by atoms with Crippen LogP contribution in [0.25, 0.3) is 0 Å². The van der Waals surface area contributed by atoms with Crippen LogP contribution in [0.2, 0.25) is 0 Å². The van der Waals surface area contributed by atoms with Gasteiger partial charge in [-0.1, -0.05) is 6.07 Å². The molecule has 0 aliphatic heterocycles. The maximum atomic E-state index is 12.4. The van der Waals surface area contributed by atoms with E-state index in [9.17, 15) is 17.4 Å². The highest BCUT2D eigenvalue weighted by Crippen LogP contribution is 2.26. The fraction of sp³-hybridized carbons (Fsp3) is 0.500. The molecule has 124 valence electrons. The fourth-order valence-electron chi connectivity index (χ4n) is 2.43. The van der Waals surface area contributed by atoms with Gasteiger partial charge in [-0.3, -0.25) is 9.00 Å². The summed E-state index contributed by atoms with van der Waals surface area (Å²) in [6.07, 6.45) is 1.28. The van der Waals surface area contributed by atoms with Crippen LogP contribution in [0.4, 0.5) is 0 Å². The lowest BCUT2D eigenvalue weighted by Gasteiger charge is -2.17. The number of benzene rings is 1. The van der Waals surface area contributed by atoms with E-state index in [2.05, 4.69) is 4.72 Å². The van der Waals surface area contributed by atoms with E-state index in [0.717, 1.165) is 5.56 Å². The van der Waals surface area contributed by atoms with Gasteiger partial charge in [0.05, 0.1) is 11.3 Å². The van der Waals surface area contributed by atoms with Crippen LogP contribution in [0.5, 0.6) is 0 Å². The summed E-state index contributed by atoms with van der Waals surface area (Å²) in [5, 5.41) is 8.98. The van der Waals surface area contributed by atoms with Crippen molar-refractivity contribution in [1.82, 2.24) is 4.72 Å². The third-order valence-electron chi connectivity index (χ3n) is 3.34. The highest BCUT2D eigenvalue weighted by atomic mass is 32.2. The normalized spacial score (nSPS) is 13.1. The van der Waals surface area contributed by atoms with Gasteiger partial charge in [0.25, 0.3) is 0 Å². The molecule has 1 rings (SSSR count). The van der Waals surface area contributed by atoms with Crippen molar-refractivity contribution < 1.29 is 22.5 Å². The molecule has 0 amide bonds. The van der Waals surface area contributed by atoms with Gasteiger partial charge in [-0.2, -0.15) is 0 Å². The molecule has 6 nitrogen and oxygen atoms in total. The standard InChI is InChI=1S/C14H21NO5S2/c1-9-7-10(2)14(11(3)12(9)8-13(16)17)22(19,20)15-5-6-21(4)18/h7,15H,5-6,8H2,1-4H3,(H,16,17). The maximum absolute atomic E-state index is 12.4. The second-order valence-electron chi connectivity index (χ2n) is 5.19. The fourth-order valence-corrected chi connectivity index (χ4v) is 4.48. The smallest absolute Gasteiger partial charge is 0.307 e. The van der Waals surface area contributed by atoms with Crippen molar-refractivity contribution in [3.63, 3.8) is 0 Å². The van der Waals surface area contributed by atoms with E-state index in [1.165, 1.54) is 6.26 Å². The van der Waals surface area contributed by atoms with Crippen LogP contribution in [0.3, 0.4) is 0 Å². The largest absolute Gasteiger partial charge is 0.481 e. The van der Waals surface area contributed by atoms with Crippen LogP contribution < -0.4 is 4.72 Å².